The standard InChI is InChI=1S/C17H16N4O3/c1-23-13-9-7-12(8-10-13)11-18-20-17-19-15-6-4-3-5-14(15)16(22)21(17)24-2/h3-11H,1-2H3,(H,19,20). The number of para-hydroxylation sites is 1. The largest absolute Gasteiger partial charge is 0.497 e. The lowest BCUT2D eigenvalue weighted by Gasteiger charge is -2.10. The van der Waals surface area contributed by atoms with Crippen LogP contribution in [0, 0.1) is 0 Å². The molecule has 2 aromatic carbocycles. The fourth-order valence-corrected chi connectivity index (χ4v) is 2.21. The summed E-state index contributed by atoms with van der Waals surface area (Å²) >= 11 is 0. The van der Waals surface area contributed by atoms with E-state index in [9.17, 15) is 4.79 Å². The number of nitrogens with one attached hydrogen (secondary N) is 1. The Kier molecular flexibility index (Phi) is 4.42. The smallest absolute Gasteiger partial charge is 0.295 e. The number of nitrogens with zero attached hydrogens (tertiary/aromatic N) is 3. The number of benzene rings is 2. The molecule has 1 heterocycles. The van der Waals surface area contributed by atoms with E-state index in [0.717, 1.165) is 16.0 Å². The molecular formula is C17H16N4O3. The van der Waals surface area contributed by atoms with Gasteiger partial charge >= 0.3 is 0 Å². The van der Waals surface area contributed by atoms with Gasteiger partial charge in [0.15, 0.2) is 0 Å². The second kappa shape index (κ2) is 6.82. The fraction of sp³-hybridized carbons (Fsp3) is 0.118. The zero-order valence-corrected chi connectivity index (χ0v) is 13.3. The van der Waals surface area contributed by atoms with Gasteiger partial charge in [-0.1, -0.05) is 12.1 Å². The molecule has 1 aromatic heterocycles. The summed E-state index contributed by atoms with van der Waals surface area (Å²) in [7, 11) is 3.01. The van der Waals surface area contributed by atoms with E-state index in [-0.39, 0.29) is 11.5 Å². The monoisotopic (exact) mass is 324 g/mol. The van der Waals surface area contributed by atoms with E-state index in [2.05, 4.69) is 15.5 Å². The van der Waals surface area contributed by atoms with E-state index in [1.165, 1.54) is 7.11 Å². The van der Waals surface area contributed by atoms with Gasteiger partial charge in [0.05, 0.1) is 24.2 Å². The SMILES string of the molecule is COc1ccc(C=NNc2nc3ccccc3c(=O)n2OC)cc1. The normalized spacial score (nSPS) is 10.9. The van der Waals surface area contributed by atoms with Gasteiger partial charge in [0.25, 0.3) is 11.5 Å². The zero-order chi connectivity index (χ0) is 16.9. The van der Waals surface area contributed by atoms with Crippen LogP contribution in [0.5, 0.6) is 5.75 Å². The van der Waals surface area contributed by atoms with E-state index in [0.29, 0.717) is 10.9 Å². The van der Waals surface area contributed by atoms with Crippen molar-refractivity contribution in [2.45, 2.75) is 0 Å². The first-order valence-electron chi connectivity index (χ1n) is 7.22. The minimum absolute atomic E-state index is 0.200. The number of aromatic nitrogens is 2. The van der Waals surface area contributed by atoms with Crippen LogP contribution in [0.15, 0.2) is 58.4 Å². The van der Waals surface area contributed by atoms with Crippen molar-refractivity contribution in [3.05, 3.63) is 64.4 Å². The summed E-state index contributed by atoms with van der Waals surface area (Å²) in [5.41, 5.74) is 3.88. The van der Waals surface area contributed by atoms with Gasteiger partial charge in [-0.2, -0.15) is 5.10 Å². The van der Waals surface area contributed by atoms with Gasteiger partial charge in [0.2, 0.25) is 0 Å². The van der Waals surface area contributed by atoms with Crippen LogP contribution in [0.1, 0.15) is 5.56 Å². The van der Waals surface area contributed by atoms with E-state index < -0.39 is 0 Å². The quantitative estimate of drug-likeness (QED) is 0.573. The molecule has 0 spiro atoms. The van der Waals surface area contributed by atoms with E-state index in [4.69, 9.17) is 9.57 Å². The average molecular weight is 324 g/mol. The third-order valence-corrected chi connectivity index (χ3v) is 3.41. The van der Waals surface area contributed by atoms with Crippen LogP contribution in [0.3, 0.4) is 0 Å². The van der Waals surface area contributed by atoms with E-state index >= 15 is 0 Å². The summed E-state index contributed by atoms with van der Waals surface area (Å²) in [5.74, 6) is 0.968. The van der Waals surface area contributed by atoms with Gasteiger partial charge in [-0.3, -0.25) is 4.79 Å². The van der Waals surface area contributed by atoms with Crippen molar-refractivity contribution < 1.29 is 9.57 Å². The van der Waals surface area contributed by atoms with Gasteiger partial charge in [-0.05, 0) is 42.0 Å². The fourth-order valence-electron chi connectivity index (χ4n) is 2.21. The van der Waals surface area contributed by atoms with Gasteiger partial charge in [0, 0.05) is 0 Å². The molecule has 0 bridgehead atoms. The molecule has 0 saturated carbocycles. The van der Waals surface area contributed by atoms with Crippen LogP contribution in [-0.2, 0) is 0 Å². The summed E-state index contributed by atoms with van der Waals surface area (Å²) < 4.78 is 6.17. The number of hydrogen-bond acceptors (Lipinski definition) is 6. The van der Waals surface area contributed by atoms with Gasteiger partial charge < -0.3 is 9.57 Å². The molecule has 3 rings (SSSR count). The van der Waals surface area contributed by atoms with Crippen LogP contribution in [-0.4, -0.2) is 30.1 Å². The highest BCUT2D eigenvalue weighted by molar-refractivity contribution is 5.81. The van der Waals surface area contributed by atoms with Crippen LogP contribution >= 0.6 is 0 Å². The van der Waals surface area contributed by atoms with Crippen LogP contribution in [0.4, 0.5) is 5.95 Å². The van der Waals surface area contributed by atoms with Crippen LogP contribution in [0.25, 0.3) is 10.9 Å². The molecule has 0 atom stereocenters. The van der Waals surface area contributed by atoms with Crippen molar-refractivity contribution in [3.8, 4) is 5.75 Å². The molecule has 24 heavy (non-hydrogen) atoms. The minimum atomic E-state index is -0.301. The molecule has 0 aliphatic heterocycles. The second-order valence-corrected chi connectivity index (χ2v) is 4.88. The number of hydrogen-bond donors (Lipinski definition) is 1. The maximum absolute atomic E-state index is 12.4. The lowest BCUT2D eigenvalue weighted by atomic mass is 10.2. The molecule has 1 N–H and O–H groups in total. The Balaban J connectivity index is 1.88. The topological polar surface area (TPSA) is 77.7 Å². The highest BCUT2D eigenvalue weighted by Gasteiger charge is 2.10. The Morgan fingerprint density at radius 1 is 1.12 bits per heavy atom. The van der Waals surface area contributed by atoms with Gasteiger partial charge in [-0.25, -0.2) is 10.4 Å². The number of anilines is 1. The first kappa shape index (κ1) is 15.5. The van der Waals surface area contributed by atoms with Crippen molar-refractivity contribution in [3.63, 3.8) is 0 Å². The van der Waals surface area contributed by atoms with Crippen molar-refractivity contribution in [2.24, 2.45) is 5.10 Å². The van der Waals surface area contributed by atoms with Crippen LogP contribution < -0.4 is 20.6 Å². The molecule has 3 aromatic rings. The molecule has 0 aliphatic rings. The second-order valence-electron chi connectivity index (χ2n) is 4.88. The number of methoxy groups -OCH3 is 1. The van der Waals surface area contributed by atoms with Crippen molar-refractivity contribution in [1.82, 2.24) is 9.71 Å². The molecule has 0 fully saturated rings. The average Bonchev–Trinajstić information content (AvgIpc) is 2.63. The summed E-state index contributed by atoms with van der Waals surface area (Å²) in [6.07, 6.45) is 1.61. The lowest BCUT2D eigenvalue weighted by molar-refractivity contribution is 0.161. The molecule has 0 amide bonds. The van der Waals surface area contributed by atoms with Gasteiger partial charge in [-0.15, -0.1) is 4.73 Å². The summed E-state index contributed by atoms with van der Waals surface area (Å²) in [6, 6.07) is 14.4. The predicted octanol–water partition coefficient (Wildman–Crippen LogP) is 1.91. The first-order valence-corrected chi connectivity index (χ1v) is 7.22. The molecule has 7 heteroatoms. The van der Waals surface area contributed by atoms with Crippen LogP contribution in [0.2, 0.25) is 0 Å². The number of ether oxygens (including phenoxy) is 1. The molecule has 0 aliphatic carbocycles. The maximum atomic E-state index is 12.4. The summed E-state index contributed by atoms with van der Waals surface area (Å²) in [6.45, 7) is 0. The number of hydrazone groups is 1. The van der Waals surface area contributed by atoms with E-state index in [1.807, 2.05) is 30.3 Å². The number of rotatable bonds is 5. The third-order valence-electron chi connectivity index (χ3n) is 3.41. The highest BCUT2D eigenvalue weighted by Crippen LogP contribution is 2.11. The third kappa shape index (κ3) is 3.05. The summed E-state index contributed by atoms with van der Waals surface area (Å²) in [5, 5.41) is 4.58. The zero-order valence-electron chi connectivity index (χ0n) is 13.3. The molecule has 0 radical (unpaired) electrons. The minimum Gasteiger partial charge on any atom is -0.497 e. The Hall–Kier alpha value is -3.35. The molecule has 122 valence electrons. The van der Waals surface area contributed by atoms with Crippen molar-refractivity contribution in [1.29, 1.82) is 0 Å². The lowest BCUT2D eigenvalue weighted by Crippen LogP contribution is -2.28. The molecule has 0 saturated heterocycles. The van der Waals surface area contributed by atoms with Crippen molar-refractivity contribution in [2.75, 3.05) is 19.6 Å². The Labute approximate surface area is 138 Å². The summed E-state index contributed by atoms with van der Waals surface area (Å²) in [4.78, 5) is 21.8. The van der Waals surface area contributed by atoms with Gasteiger partial charge in [0.1, 0.15) is 12.9 Å². The molecule has 0 unspecified atom stereocenters. The first-order chi connectivity index (χ1) is 11.7. The molecular weight excluding hydrogens is 308 g/mol. The van der Waals surface area contributed by atoms with Crippen molar-refractivity contribution >= 4 is 23.1 Å². The number of fused-ring (bicyclic) bond motifs is 1. The highest BCUT2D eigenvalue weighted by atomic mass is 16.7. The predicted molar refractivity (Wildman–Crippen MR) is 92.7 cm³/mol. The maximum Gasteiger partial charge on any atom is 0.295 e. The Bertz CT molecular complexity index is 933. The Morgan fingerprint density at radius 3 is 2.58 bits per heavy atom. The molecule has 7 nitrogen and oxygen atoms in total. The Morgan fingerprint density at radius 2 is 1.88 bits per heavy atom. The van der Waals surface area contributed by atoms with E-state index in [1.54, 1.807) is 31.5 Å².